The summed E-state index contributed by atoms with van der Waals surface area (Å²) in [6.07, 6.45) is 1.78. The average molecular weight is 728 g/mol. The number of halogens is 2. The standard InChI is InChI=1S/C34H32BrClN2O7S/c1-6-43-28-14-21(10-13-25(28)45-18-20-8-11-22(36)12-9-20)15-29-32(39)38-31(23-16-26(41-4)27(42-5)17-24(23)35)30(33(40)44-7-2)19(3)37-34(38)46-29/h8-17,31H,6-7,18H2,1-5H3/b29-15-/t31-/m0/s1. The molecule has 1 atom stereocenters. The predicted molar refractivity (Wildman–Crippen MR) is 181 cm³/mol. The van der Waals surface area contributed by atoms with E-state index in [9.17, 15) is 9.59 Å². The van der Waals surface area contributed by atoms with Crippen molar-refractivity contribution in [1.82, 2.24) is 4.57 Å². The Bertz CT molecular complexity index is 1990. The molecule has 1 aromatic heterocycles. The van der Waals surface area contributed by atoms with Gasteiger partial charge in [-0.2, -0.15) is 0 Å². The number of nitrogens with zero attached hydrogens (tertiary/aromatic N) is 2. The smallest absolute Gasteiger partial charge is 0.338 e. The minimum absolute atomic E-state index is 0.168. The second-order valence-corrected chi connectivity index (χ2v) is 12.4. The van der Waals surface area contributed by atoms with Gasteiger partial charge in [-0.15, -0.1) is 0 Å². The molecule has 0 spiro atoms. The molecule has 0 aliphatic carbocycles. The minimum atomic E-state index is -0.839. The molecule has 12 heteroatoms. The number of allylic oxidation sites excluding steroid dienone is 1. The van der Waals surface area contributed by atoms with Crippen molar-refractivity contribution >= 4 is 50.9 Å². The van der Waals surface area contributed by atoms with Gasteiger partial charge in [0.2, 0.25) is 0 Å². The van der Waals surface area contributed by atoms with Crippen LogP contribution in [0.4, 0.5) is 0 Å². The van der Waals surface area contributed by atoms with E-state index < -0.39 is 12.0 Å². The maximum Gasteiger partial charge on any atom is 0.338 e. The number of carbonyl (C=O) groups is 1. The quantitative estimate of drug-likeness (QED) is 0.170. The van der Waals surface area contributed by atoms with Crippen LogP contribution in [0.2, 0.25) is 5.02 Å². The number of fused-ring (bicyclic) bond motifs is 1. The van der Waals surface area contributed by atoms with Gasteiger partial charge in [-0.1, -0.05) is 57.1 Å². The van der Waals surface area contributed by atoms with Crippen molar-refractivity contribution in [3.8, 4) is 23.0 Å². The summed E-state index contributed by atoms with van der Waals surface area (Å²) in [6, 6.07) is 15.6. The lowest BCUT2D eigenvalue weighted by Gasteiger charge is -2.26. The van der Waals surface area contributed by atoms with Crippen molar-refractivity contribution < 1.29 is 28.5 Å². The molecule has 1 aliphatic rings. The number of ether oxygens (including phenoxy) is 5. The average Bonchev–Trinajstić information content (AvgIpc) is 3.34. The summed E-state index contributed by atoms with van der Waals surface area (Å²) >= 11 is 10.9. The third-order valence-corrected chi connectivity index (χ3v) is 9.11. The Labute approximate surface area is 283 Å². The van der Waals surface area contributed by atoms with E-state index in [-0.39, 0.29) is 17.7 Å². The van der Waals surface area contributed by atoms with Crippen molar-refractivity contribution in [2.24, 2.45) is 4.99 Å². The summed E-state index contributed by atoms with van der Waals surface area (Å²) in [5, 5.41) is 0.656. The molecule has 0 saturated heterocycles. The summed E-state index contributed by atoms with van der Waals surface area (Å²) in [4.78, 5) is 32.6. The number of methoxy groups -OCH3 is 2. The number of hydrogen-bond donors (Lipinski definition) is 0. The van der Waals surface area contributed by atoms with Gasteiger partial charge in [0, 0.05) is 9.50 Å². The van der Waals surface area contributed by atoms with Crippen LogP contribution in [0.1, 0.15) is 43.5 Å². The summed E-state index contributed by atoms with van der Waals surface area (Å²) in [7, 11) is 3.06. The van der Waals surface area contributed by atoms with Gasteiger partial charge in [0.15, 0.2) is 27.8 Å². The normalized spacial score (nSPS) is 14.4. The van der Waals surface area contributed by atoms with Crippen LogP contribution in [0.5, 0.6) is 23.0 Å². The van der Waals surface area contributed by atoms with Gasteiger partial charge < -0.3 is 23.7 Å². The Balaban J connectivity index is 1.60. The molecule has 9 nitrogen and oxygen atoms in total. The maximum atomic E-state index is 14.2. The summed E-state index contributed by atoms with van der Waals surface area (Å²) in [5.74, 6) is 1.51. The Morgan fingerprint density at radius 2 is 1.70 bits per heavy atom. The van der Waals surface area contributed by atoms with Crippen molar-refractivity contribution in [1.29, 1.82) is 0 Å². The molecular weight excluding hydrogens is 696 g/mol. The van der Waals surface area contributed by atoms with E-state index in [4.69, 9.17) is 35.3 Å². The SMILES string of the molecule is CCOC(=O)C1=C(C)N=c2s/c(=C\c3ccc(OCc4ccc(Cl)cc4)c(OCC)c3)c(=O)n2[C@H]1c1cc(OC)c(OC)cc1Br. The number of thiazole rings is 1. The van der Waals surface area contributed by atoms with Crippen LogP contribution in [0.15, 0.2) is 80.1 Å². The second-order valence-electron chi connectivity index (χ2n) is 10.1. The van der Waals surface area contributed by atoms with Crippen LogP contribution in [-0.4, -0.2) is 38.0 Å². The third-order valence-electron chi connectivity index (χ3n) is 7.19. The first-order valence-corrected chi connectivity index (χ1v) is 16.4. The second kappa shape index (κ2) is 14.6. The number of rotatable bonds is 11. The van der Waals surface area contributed by atoms with E-state index in [1.165, 1.54) is 30.1 Å². The topological polar surface area (TPSA) is 97.6 Å². The molecule has 0 bridgehead atoms. The molecule has 240 valence electrons. The monoisotopic (exact) mass is 726 g/mol. The first-order valence-electron chi connectivity index (χ1n) is 14.4. The minimum Gasteiger partial charge on any atom is -0.493 e. The van der Waals surface area contributed by atoms with E-state index in [1.54, 1.807) is 32.1 Å². The Morgan fingerprint density at radius 3 is 2.37 bits per heavy atom. The van der Waals surface area contributed by atoms with Gasteiger partial charge in [-0.25, -0.2) is 9.79 Å². The lowest BCUT2D eigenvalue weighted by Crippen LogP contribution is -2.40. The molecular formula is C34H32BrClN2O7S. The summed E-state index contributed by atoms with van der Waals surface area (Å²) < 4.78 is 31.0. The Morgan fingerprint density at radius 1 is 0.978 bits per heavy atom. The largest absolute Gasteiger partial charge is 0.493 e. The first-order chi connectivity index (χ1) is 22.2. The van der Waals surface area contributed by atoms with Gasteiger partial charge in [0.25, 0.3) is 5.56 Å². The van der Waals surface area contributed by atoms with Crippen molar-refractivity contribution in [3.05, 3.63) is 112 Å². The van der Waals surface area contributed by atoms with E-state index >= 15 is 0 Å². The molecule has 46 heavy (non-hydrogen) atoms. The zero-order chi connectivity index (χ0) is 33.0. The highest BCUT2D eigenvalue weighted by Crippen LogP contribution is 2.41. The molecule has 2 heterocycles. The fourth-order valence-electron chi connectivity index (χ4n) is 5.06. The number of aromatic nitrogens is 1. The van der Waals surface area contributed by atoms with E-state index in [0.717, 1.165) is 11.1 Å². The fourth-order valence-corrected chi connectivity index (χ4v) is 6.77. The van der Waals surface area contributed by atoms with E-state index in [0.29, 0.717) is 66.3 Å². The molecule has 3 aromatic carbocycles. The van der Waals surface area contributed by atoms with Crippen molar-refractivity contribution in [2.45, 2.75) is 33.4 Å². The van der Waals surface area contributed by atoms with Gasteiger partial charge >= 0.3 is 5.97 Å². The van der Waals surface area contributed by atoms with Crippen LogP contribution in [-0.2, 0) is 16.1 Å². The number of hydrogen-bond acceptors (Lipinski definition) is 9. The fraction of sp³-hybridized carbons (Fsp3) is 0.265. The van der Waals surface area contributed by atoms with Gasteiger partial charge in [-0.3, -0.25) is 9.36 Å². The van der Waals surface area contributed by atoms with Crippen LogP contribution in [0.3, 0.4) is 0 Å². The van der Waals surface area contributed by atoms with Crippen molar-refractivity contribution in [3.63, 3.8) is 0 Å². The number of benzene rings is 3. The van der Waals surface area contributed by atoms with Crippen LogP contribution in [0, 0.1) is 0 Å². The Kier molecular flexibility index (Phi) is 10.6. The lowest BCUT2D eigenvalue weighted by molar-refractivity contribution is -0.139. The summed E-state index contributed by atoms with van der Waals surface area (Å²) in [6.45, 7) is 6.30. The third kappa shape index (κ3) is 6.86. The highest BCUT2D eigenvalue weighted by atomic mass is 79.9. The van der Waals surface area contributed by atoms with Crippen molar-refractivity contribution in [2.75, 3.05) is 27.4 Å². The van der Waals surface area contributed by atoms with Gasteiger partial charge in [0.05, 0.1) is 49.3 Å². The molecule has 5 rings (SSSR count). The summed E-state index contributed by atoms with van der Waals surface area (Å²) in [5.41, 5.74) is 2.71. The zero-order valence-corrected chi connectivity index (χ0v) is 29.0. The van der Waals surface area contributed by atoms with Crippen LogP contribution in [0.25, 0.3) is 6.08 Å². The molecule has 0 amide bonds. The van der Waals surface area contributed by atoms with E-state index in [2.05, 4.69) is 20.9 Å². The molecule has 0 fully saturated rings. The first kappa shape index (κ1) is 33.3. The lowest BCUT2D eigenvalue weighted by atomic mass is 9.95. The highest BCUT2D eigenvalue weighted by molar-refractivity contribution is 9.10. The maximum absolute atomic E-state index is 14.2. The number of esters is 1. The molecule has 0 saturated carbocycles. The van der Waals surface area contributed by atoms with Gasteiger partial charge in [-0.05, 0) is 79.9 Å². The molecule has 0 unspecified atom stereocenters. The van der Waals surface area contributed by atoms with Crippen LogP contribution < -0.4 is 33.8 Å². The van der Waals surface area contributed by atoms with Gasteiger partial charge in [0.1, 0.15) is 6.61 Å². The highest BCUT2D eigenvalue weighted by Gasteiger charge is 2.35. The predicted octanol–water partition coefficient (Wildman–Crippen LogP) is 6.21. The molecule has 0 N–H and O–H groups in total. The molecule has 0 radical (unpaired) electrons. The molecule has 4 aromatic rings. The van der Waals surface area contributed by atoms with Crippen LogP contribution >= 0.6 is 38.9 Å². The van der Waals surface area contributed by atoms with E-state index in [1.807, 2.05) is 49.4 Å². The number of carbonyl (C=O) groups excluding carboxylic acids is 1. The molecule has 1 aliphatic heterocycles. The Hall–Kier alpha value is -4.06. The zero-order valence-electron chi connectivity index (χ0n) is 25.9.